The number of carbonyl (C=O) groups is 1. The predicted octanol–water partition coefficient (Wildman–Crippen LogP) is 2.05. The molecule has 0 N–H and O–H groups in total. The number of anilines is 1. The summed E-state index contributed by atoms with van der Waals surface area (Å²) in [5.41, 5.74) is 1.74. The van der Waals surface area contributed by atoms with Crippen LogP contribution in [-0.2, 0) is 0 Å². The van der Waals surface area contributed by atoms with E-state index in [2.05, 4.69) is 9.88 Å². The third-order valence-electron chi connectivity index (χ3n) is 3.88. The molecule has 2 aromatic rings. The standard InChI is InChI=1S/C17H15FN4O/c18-14-2-5-16(6-3-14)21-7-9-22(10-8-21)17(23)13-1-4-15(11-19)20-12-13/h1-6,12H,7-10H2. The van der Waals surface area contributed by atoms with E-state index in [9.17, 15) is 9.18 Å². The maximum Gasteiger partial charge on any atom is 0.255 e. The fourth-order valence-electron chi connectivity index (χ4n) is 2.59. The van der Waals surface area contributed by atoms with Gasteiger partial charge in [0.1, 0.15) is 17.6 Å². The Hall–Kier alpha value is -2.94. The van der Waals surface area contributed by atoms with Crippen molar-refractivity contribution in [3.05, 3.63) is 59.7 Å². The summed E-state index contributed by atoms with van der Waals surface area (Å²) >= 11 is 0. The van der Waals surface area contributed by atoms with Crippen molar-refractivity contribution >= 4 is 11.6 Å². The number of nitrogens with zero attached hydrogens (tertiary/aromatic N) is 4. The molecule has 116 valence electrons. The van der Waals surface area contributed by atoms with Crippen molar-refractivity contribution in [3.8, 4) is 6.07 Å². The first kappa shape index (κ1) is 15.0. The molecule has 1 fully saturated rings. The van der Waals surface area contributed by atoms with E-state index in [1.807, 2.05) is 6.07 Å². The second-order valence-electron chi connectivity index (χ2n) is 5.30. The summed E-state index contributed by atoms with van der Waals surface area (Å²) in [6, 6.07) is 11.5. The van der Waals surface area contributed by atoms with Gasteiger partial charge in [-0.2, -0.15) is 5.26 Å². The van der Waals surface area contributed by atoms with E-state index in [0.29, 0.717) is 37.4 Å². The molecule has 0 unspecified atom stereocenters. The summed E-state index contributed by atoms with van der Waals surface area (Å²) < 4.78 is 13.0. The Balaban J connectivity index is 1.62. The smallest absolute Gasteiger partial charge is 0.255 e. The number of pyridine rings is 1. The molecule has 1 saturated heterocycles. The van der Waals surface area contributed by atoms with E-state index in [-0.39, 0.29) is 11.7 Å². The Morgan fingerprint density at radius 2 is 1.78 bits per heavy atom. The highest BCUT2D eigenvalue weighted by Crippen LogP contribution is 2.17. The third kappa shape index (κ3) is 3.29. The maximum atomic E-state index is 13.0. The molecule has 23 heavy (non-hydrogen) atoms. The monoisotopic (exact) mass is 310 g/mol. The number of halogens is 1. The lowest BCUT2D eigenvalue weighted by atomic mass is 10.2. The van der Waals surface area contributed by atoms with Crippen LogP contribution in [0.2, 0.25) is 0 Å². The number of benzene rings is 1. The maximum absolute atomic E-state index is 13.0. The molecule has 0 atom stereocenters. The fourth-order valence-corrected chi connectivity index (χ4v) is 2.59. The van der Waals surface area contributed by atoms with Crippen LogP contribution in [0.3, 0.4) is 0 Å². The van der Waals surface area contributed by atoms with E-state index in [1.165, 1.54) is 18.3 Å². The van der Waals surface area contributed by atoms with Crippen LogP contribution in [0.5, 0.6) is 0 Å². The highest BCUT2D eigenvalue weighted by molar-refractivity contribution is 5.94. The second kappa shape index (κ2) is 6.44. The van der Waals surface area contributed by atoms with Gasteiger partial charge in [-0.15, -0.1) is 0 Å². The van der Waals surface area contributed by atoms with Crippen molar-refractivity contribution in [2.75, 3.05) is 31.1 Å². The van der Waals surface area contributed by atoms with Gasteiger partial charge in [0.05, 0.1) is 5.56 Å². The number of carbonyl (C=O) groups excluding carboxylic acids is 1. The Kier molecular flexibility index (Phi) is 4.20. The zero-order valence-electron chi connectivity index (χ0n) is 12.4. The van der Waals surface area contributed by atoms with Gasteiger partial charge < -0.3 is 9.80 Å². The largest absolute Gasteiger partial charge is 0.368 e. The van der Waals surface area contributed by atoms with Crippen LogP contribution < -0.4 is 4.90 Å². The average Bonchev–Trinajstić information content (AvgIpc) is 2.62. The minimum atomic E-state index is -0.254. The lowest BCUT2D eigenvalue weighted by molar-refractivity contribution is 0.0746. The summed E-state index contributed by atoms with van der Waals surface area (Å²) in [5.74, 6) is -0.336. The summed E-state index contributed by atoms with van der Waals surface area (Å²) in [6.07, 6.45) is 1.44. The summed E-state index contributed by atoms with van der Waals surface area (Å²) in [7, 11) is 0. The molecule has 0 radical (unpaired) electrons. The zero-order valence-corrected chi connectivity index (χ0v) is 12.4. The number of hydrogen-bond donors (Lipinski definition) is 0. The summed E-state index contributed by atoms with van der Waals surface area (Å²) in [6.45, 7) is 2.58. The van der Waals surface area contributed by atoms with Gasteiger partial charge in [0.15, 0.2) is 0 Å². The summed E-state index contributed by atoms with van der Waals surface area (Å²) in [4.78, 5) is 20.2. The van der Waals surface area contributed by atoms with Crippen molar-refractivity contribution in [1.82, 2.24) is 9.88 Å². The minimum Gasteiger partial charge on any atom is -0.368 e. The van der Waals surface area contributed by atoms with Crippen molar-refractivity contribution in [2.24, 2.45) is 0 Å². The van der Waals surface area contributed by atoms with Crippen molar-refractivity contribution in [3.63, 3.8) is 0 Å². The van der Waals surface area contributed by atoms with Crippen molar-refractivity contribution in [1.29, 1.82) is 5.26 Å². The molecule has 0 aliphatic carbocycles. The average molecular weight is 310 g/mol. The number of rotatable bonds is 2. The van der Waals surface area contributed by atoms with Gasteiger partial charge >= 0.3 is 0 Å². The van der Waals surface area contributed by atoms with Gasteiger partial charge in [-0.05, 0) is 36.4 Å². The minimum absolute atomic E-state index is 0.0826. The van der Waals surface area contributed by atoms with Crippen LogP contribution in [0.25, 0.3) is 0 Å². The van der Waals surface area contributed by atoms with Crippen molar-refractivity contribution < 1.29 is 9.18 Å². The number of piperazine rings is 1. The second-order valence-corrected chi connectivity index (χ2v) is 5.30. The molecule has 0 bridgehead atoms. The lowest BCUT2D eigenvalue weighted by Gasteiger charge is -2.36. The SMILES string of the molecule is N#Cc1ccc(C(=O)N2CCN(c3ccc(F)cc3)CC2)cn1. The van der Waals surface area contributed by atoms with Gasteiger partial charge in [0, 0.05) is 38.1 Å². The van der Waals surface area contributed by atoms with E-state index in [4.69, 9.17) is 5.26 Å². The molecule has 1 aliphatic heterocycles. The number of amides is 1. The highest BCUT2D eigenvalue weighted by Gasteiger charge is 2.22. The predicted molar refractivity (Wildman–Crippen MR) is 83.5 cm³/mol. The Bertz CT molecular complexity index is 729. The zero-order chi connectivity index (χ0) is 16.2. The molecule has 1 aromatic heterocycles. The molecule has 6 heteroatoms. The van der Waals surface area contributed by atoms with Crippen molar-refractivity contribution in [2.45, 2.75) is 0 Å². The number of nitriles is 1. The van der Waals surface area contributed by atoms with Crippen LogP contribution in [0.4, 0.5) is 10.1 Å². The Morgan fingerprint density at radius 1 is 1.09 bits per heavy atom. The van der Waals surface area contributed by atoms with Crippen LogP contribution in [-0.4, -0.2) is 42.0 Å². The first-order chi connectivity index (χ1) is 11.2. The normalized spacial score (nSPS) is 14.4. The third-order valence-corrected chi connectivity index (χ3v) is 3.88. The molecule has 3 rings (SSSR count). The molecule has 0 spiro atoms. The lowest BCUT2D eigenvalue weighted by Crippen LogP contribution is -2.48. The molecular weight excluding hydrogens is 295 g/mol. The first-order valence-electron chi connectivity index (χ1n) is 7.33. The van der Waals surface area contributed by atoms with Gasteiger partial charge in [-0.1, -0.05) is 0 Å². The van der Waals surface area contributed by atoms with Gasteiger partial charge in [-0.25, -0.2) is 9.37 Å². The number of hydrogen-bond acceptors (Lipinski definition) is 4. The Labute approximate surface area is 133 Å². The molecular formula is C17H15FN4O. The fraction of sp³-hybridized carbons (Fsp3) is 0.235. The molecule has 2 heterocycles. The van der Waals surface area contributed by atoms with E-state index in [0.717, 1.165) is 5.69 Å². The van der Waals surface area contributed by atoms with Gasteiger partial charge in [0.25, 0.3) is 5.91 Å². The van der Waals surface area contributed by atoms with Crippen LogP contribution in [0.1, 0.15) is 16.1 Å². The first-order valence-corrected chi connectivity index (χ1v) is 7.33. The molecule has 5 nitrogen and oxygen atoms in total. The molecule has 0 saturated carbocycles. The number of aromatic nitrogens is 1. The van der Waals surface area contributed by atoms with E-state index < -0.39 is 0 Å². The molecule has 1 amide bonds. The van der Waals surface area contributed by atoms with Crippen LogP contribution in [0, 0.1) is 17.1 Å². The van der Waals surface area contributed by atoms with Crippen LogP contribution in [0.15, 0.2) is 42.6 Å². The highest BCUT2D eigenvalue weighted by atomic mass is 19.1. The van der Waals surface area contributed by atoms with Gasteiger partial charge in [-0.3, -0.25) is 4.79 Å². The topological polar surface area (TPSA) is 60.2 Å². The van der Waals surface area contributed by atoms with Crippen LogP contribution >= 0.6 is 0 Å². The molecule has 1 aromatic carbocycles. The van der Waals surface area contributed by atoms with E-state index in [1.54, 1.807) is 29.2 Å². The molecule has 1 aliphatic rings. The van der Waals surface area contributed by atoms with Gasteiger partial charge in [0.2, 0.25) is 0 Å². The van der Waals surface area contributed by atoms with E-state index >= 15 is 0 Å². The Morgan fingerprint density at radius 3 is 2.35 bits per heavy atom. The quantitative estimate of drug-likeness (QED) is 0.852. The summed E-state index contributed by atoms with van der Waals surface area (Å²) in [5, 5.41) is 8.73.